The van der Waals surface area contributed by atoms with Gasteiger partial charge in [-0.1, -0.05) is 41.9 Å². The van der Waals surface area contributed by atoms with Gasteiger partial charge in [-0.15, -0.1) is 0 Å². The average Bonchev–Trinajstić information content (AvgIpc) is 2.51. The van der Waals surface area contributed by atoms with Crippen LogP contribution >= 0.6 is 11.6 Å². The van der Waals surface area contributed by atoms with E-state index in [9.17, 15) is 13.2 Å². The van der Waals surface area contributed by atoms with Crippen molar-refractivity contribution in [3.05, 3.63) is 64.7 Å². The Balaban J connectivity index is 1.94. The zero-order chi connectivity index (χ0) is 16.9. The molecule has 0 aliphatic heterocycles. The van der Waals surface area contributed by atoms with Crippen LogP contribution in [0.1, 0.15) is 22.3 Å². The van der Waals surface area contributed by atoms with Crippen molar-refractivity contribution in [3.63, 3.8) is 0 Å². The minimum absolute atomic E-state index is 0.00636. The number of benzene rings is 2. The standard InChI is InChI=1S/C16H17ClN2O3S/c17-14-9-8-13(11-15(14)23(18,21)22)16(20)19-10-4-7-12-5-2-1-3-6-12/h1-3,5-6,8-9,11H,4,7,10H2,(H,19,20)(H2,18,21,22). The van der Waals surface area contributed by atoms with E-state index in [1.165, 1.54) is 23.8 Å². The van der Waals surface area contributed by atoms with Crippen molar-refractivity contribution in [3.8, 4) is 0 Å². The molecule has 0 bridgehead atoms. The predicted octanol–water partition coefficient (Wildman–Crippen LogP) is 2.35. The van der Waals surface area contributed by atoms with Gasteiger partial charge in [-0.25, -0.2) is 13.6 Å². The zero-order valence-electron chi connectivity index (χ0n) is 12.3. The lowest BCUT2D eigenvalue weighted by molar-refractivity contribution is 0.0953. The third kappa shape index (κ3) is 5.06. The van der Waals surface area contributed by atoms with Gasteiger partial charge in [-0.2, -0.15) is 0 Å². The lowest BCUT2D eigenvalue weighted by Gasteiger charge is -2.08. The van der Waals surface area contributed by atoms with E-state index in [1.54, 1.807) is 0 Å². The van der Waals surface area contributed by atoms with Crippen LogP contribution in [0.5, 0.6) is 0 Å². The predicted molar refractivity (Wildman–Crippen MR) is 89.9 cm³/mol. The number of rotatable bonds is 6. The molecule has 23 heavy (non-hydrogen) atoms. The Morgan fingerprint density at radius 1 is 1.13 bits per heavy atom. The van der Waals surface area contributed by atoms with E-state index in [1.807, 2.05) is 30.3 Å². The van der Waals surface area contributed by atoms with Crippen LogP contribution < -0.4 is 10.5 Å². The molecule has 0 saturated heterocycles. The number of carbonyl (C=O) groups is 1. The average molecular weight is 353 g/mol. The first-order chi connectivity index (χ1) is 10.9. The normalized spacial score (nSPS) is 11.2. The van der Waals surface area contributed by atoms with Crippen molar-refractivity contribution in [2.75, 3.05) is 6.54 Å². The van der Waals surface area contributed by atoms with Crippen molar-refractivity contribution in [2.45, 2.75) is 17.7 Å². The lowest BCUT2D eigenvalue weighted by Crippen LogP contribution is -2.25. The summed E-state index contributed by atoms with van der Waals surface area (Å²) in [5.41, 5.74) is 1.41. The highest BCUT2D eigenvalue weighted by atomic mass is 35.5. The molecule has 0 aromatic heterocycles. The first-order valence-corrected chi connectivity index (χ1v) is 8.95. The maximum atomic E-state index is 12.1. The summed E-state index contributed by atoms with van der Waals surface area (Å²) in [5, 5.41) is 7.81. The van der Waals surface area contributed by atoms with Gasteiger partial charge < -0.3 is 5.32 Å². The second-order valence-corrected chi connectivity index (χ2v) is 6.97. The highest BCUT2D eigenvalue weighted by Crippen LogP contribution is 2.21. The zero-order valence-corrected chi connectivity index (χ0v) is 13.9. The Morgan fingerprint density at radius 3 is 2.48 bits per heavy atom. The smallest absolute Gasteiger partial charge is 0.251 e. The fourth-order valence-corrected chi connectivity index (χ4v) is 3.18. The minimum atomic E-state index is -3.96. The van der Waals surface area contributed by atoms with E-state index in [4.69, 9.17) is 16.7 Å². The summed E-state index contributed by atoms with van der Waals surface area (Å²) in [6, 6.07) is 13.9. The highest BCUT2D eigenvalue weighted by molar-refractivity contribution is 7.89. The van der Waals surface area contributed by atoms with E-state index in [2.05, 4.69) is 5.32 Å². The number of sulfonamides is 1. The largest absolute Gasteiger partial charge is 0.352 e. The Bertz CT molecular complexity index is 792. The summed E-state index contributed by atoms with van der Waals surface area (Å²) < 4.78 is 22.8. The number of carbonyl (C=O) groups excluding carboxylic acids is 1. The van der Waals surface area contributed by atoms with Gasteiger partial charge in [0.2, 0.25) is 10.0 Å². The second kappa shape index (κ2) is 7.59. The number of hydrogen-bond acceptors (Lipinski definition) is 3. The van der Waals surface area contributed by atoms with Gasteiger partial charge in [-0.05, 0) is 36.6 Å². The Labute approximate surface area is 140 Å². The van der Waals surface area contributed by atoms with Crippen LogP contribution in [-0.4, -0.2) is 20.9 Å². The van der Waals surface area contributed by atoms with Crippen molar-refractivity contribution < 1.29 is 13.2 Å². The summed E-state index contributed by atoms with van der Waals surface area (Å²) in [6.45, 7) is 0.487. The topological polar surface area (TPSA) is 89.3 Å². The number of primary sulfonamides is 1. The highest BCUT2D eigenvalue weighted by Gasteiger charge is 2.16. The van der Waals surface area contributed by atoms with Gasteiger partial charge >= 0.3 is 0 Å². The maximum Gasteiger partial charge on any atom is 0.251 e. The van der Waals surface area contributed by atoms with Gasteiger partial charge in [-0.3, -0.25) is 4.79 Å². The van der Waals surface area contributed by atoms with Gasteiger partial charge in [0.05, 0.1) is 5.02 Å². The van der Waals surface area contributed by atoms with Crippen molar-refractivity contribution in [2.24, 2.45) is 5.14 Å². The summed E-state index contributed by atoms with van der Waals surface area (Å²) in [4.78, 5) is 11.8. The molecule has 0 fully saturated rings. The van der Waals surface area contributed by atoms with Crippen LogP contribution in [0.15, 0.2) is 53.4 Å². The molecular formula is C16H17ClN2O3S. The lowest BCUT2D eigenvalue weighted by atomic mass is 10.1. The molecule has 0 heterocycles. The van der Waals surface area contributed by atoms with Crippen molar-refractivity contribution in [1.82, 2.24) is 5.32 Å². The molecule has 2 aromatic carbocycles. The summed E-state index contributed by atoms with van der Waals surface area (Å²) in [5.74, 6) is -0.361. The molecule has 0 saturated carbocycles. The molecule has 0 unspecified atom stereocenters. The van der Waals surface area contributed by atoms with Crippen LogP contribution in [-0.2, 0) is 16.4 Å². The molecule has 2 rings (SSSR count). The molecule has 0 atom stereocenters. The van der Waals surface area contributed by atoms with E-state index in [0.29, 0.717) is 6.54 Å². The molecule has 7 heteroatoms. The molecule has 0 aliphatic carbocycles. The fraction of sp³-hybridized carbons (Fsp3) is 0.188. The summed E-state index contributed by atoms with van der Waals surface area (Å²) >= 11 is 5.79. The third-order valence-electron chi connectivity index (χ3n) is 3.27. The summed E-state index contributed by atoms with van der Waals surface area (Å²) in [6.07, 6.45) is 1.63. The number of hydrogen-bond donors (Lipinski definition) is 2. The summed E-state index contributed by atoms with van der Waals surface area (Å²) in [7, 11) is -3.96. The van der Waals surface area contributed by atoms with Crippen LogP contribution in [0.25, 0.3) is 0 Å². The number of nitrogens with two attached hydrogens (primary N) is 1. The molecule has 3 N–H and O–H groups in total. The Hall–Kier alpha value is -1.89. The van der Waals surface area contributed by atoms with E-state index < -0.39 is 10.0 Å². The van der Waals surface area contributed by atoms with Gasteiger partial charge in [0, 0.05) is 12.1 Å². The van der Waals surface area contributed by atoms with Gasteiger partial charge in [0.25, 0.3) is 5.91 Å². The van der Waals surface area contributed by atoms with Crippen LogP contribution in [0.3, 0.4) is 0 Å². The molecule has 0 spiro atoms. The number of nitrogens with one attached hydrogen (secondary N) is 1. The number of aryl methyl sites for hydroxylation is 1. The van der Waals surface area contributed by atoms with Crippen LogP contribution in [0, 0.1) is 0 Å². The molecule has 0 radical (unpaired) electrons. The fourth-order valence-electron chi connectivity index (χ4n) is 2.10. The monoisotopic (exact) mass is 352 g/mol. The number of amides is 1. The van der Waals surface area contributed by atoms with Crippen molar-refractivity contribution >= 4 is 27.5 Å². The van der Waals surface area contributed by atoms with Crippen LogP contribution in [0.2, 0.25) is 5.02 Å². The second-order valence-electron chi connectivity index (χ2n) is 5.04. The van der Waals surface area contributed by atoms with E-state index in [-0.39, 0.29) is 21.4 Å². The van der Waals surface area contributed by atoms with Crippen LogP contribution in [0.4, 0.5) is 0 Å². The quantitative estimate of drug-likeness (QED) is 0.782. The molecule has 122 valence electrons. The molecule has 0 aliphatic rings. The first-order valence-electron chi connectivity index (χ1n) is 7.02. The Kier molecular flexibility index (Phi) is 5.76. The van der Waals surface area contributed by atoms with E-state index in [0.717, 1.165) is 12.8 Å². The maximum absolute atomic E-state index is 12.1. The molecule has 5 nitrogen and oxygen atoms in total. The first kappa shape index (κ1) is 17.5. The number of halogens is 1. The van der Waals surface area contributed by atoms with Gasteiger partial charge in [0.15, 0.2) is 0 Å². The minimum Gasteiger partial charge on any atom is -0.352 e. The molecule has 1 amide bonds. The molecule has 2 aromatic rings. The van der Waals surface area contributed by atoms with Gasteiger partial charge in [0.1, 0.15) is 4.90 Å². The van der Waals surface area contributed by atoms with Crippen molar-refractivity contribution in [1.29, 1.82) is 0 Å². The molecular weight excluding hydrogens is 336 g/mol. The third-order valence-corrected chi connectivity index (χ3v) is 4.66. The van der Waals surface area contributed by atoms with E-state index >= 15 is 0 Å². The SMILES string of the molecule is NS(=O)(=O)c1cc(C(=O)NCCCc2ccccc2)ccc1Cl. The Morgan fingerprint density at radius 2 is 1.83 bits per heavy atom.